The molecule has 0 N–H and O–H groups in total. The Balaban J connectivity index is 3.16. The van der Waals surface area contributed by atoms with Crippen LogP contribution in [0, 0.1) is 6.92 Å². The van der Waals surface area contributed by atoms with E-state index in [-0.39, 0.29) is 13.2 Å². The molecule has 0 atom stereocenters. The zero-order valence-corrected chi connectivity index (χ0v) is 13.5. The first-order valence-electron chi connectivity index (χ1n) is 6.39. The molecule has 0 bridgehead atoms. The summed E-state index contributed by atoms with van der Waals surface area (Å²) in [6.45, 7) is 5.17. The molecule has 0 aliphatic carbocycles. The predicted octanol–water partition coefficient (Wildman–Crippen LogP) is 5.35. The molecule has 0 spiro atoms. The maximum absolute atomic E-state index is 13.0. The van der Waals surface area contributed by atoms with E-state index < -0.39 is 14.3 Å². The average molecular weight is 321 g/mol. The van der Waals surface area contributed by atoms with Gasteiger partial charge in [-0.05, 0) is 49.6 Å². The van der Waals surface area contributed by atoms with Crippen LogP contribution in [0.1, 0.15) is 30.5 Å². The van der Waals surface area contributed by atoms with Gasteiger partial charge in [-0.1, -0.05) is 17.7 Å². The van der Waals surface area contributed by atoms with Crippen LogP contribution < -0.4 is 0 Å². The number of hydrogen-bond donors (Lipinski definition) is 0. The quantitative estimate of drug-likeness (QED) is 0.635. The van der Waals surface area contributed by atoms with Crippen LogP contribution in [0.25, 0.3) is 6.08 Å². The molecule has 20 heavy (non-hydrogen) atoms. The molecule has 0 amide bonds. The summed E-state index contributed by atoms with van der Waals surface area (Å²) in [6, 6.07) is 3.26. The molecule has 0 radical (unpaired) electrons. The van der Waals surface area contributed by atoms with E-state index in [4.69, 9.17) is 20.6 Å². The number of alkyl halides is 1. The Morgan fingerprint density at radius 3 is 2.40 bits per heavy atom. The van der Waals surface area contributed by atoms with Gasteiger partial charge in [0.2, 0.25) is 0 Å². The van der Waals surface area contributed by atoms with Crippen molar-refractivity contribution in [1.29, 1.82) is 0 Å². The van der Waals surface area contributed by atoms with E-state index in [9.17, 15) is 8.96 Å². The summed E-state index contributed by atoms with van der Waals surface area (Å²) >= 11 is 6.03. The van der Waals surface area contributed by atoms with Crippen LogP contribution >= 0.6 is 19.2 Å². The highest BCUT2D eigenvalue weighted by molar-refractivity contribution is 7.57. The number of benzene rings is 1. The Bertz CT molecular complexity index is 521. The lowest BCUT2D eigenvalue weighted by atomic mass is 10.0. The van der Waals surface area contributed by atoms with E-state index in [2.05, 4.69) is 0 Å². The van der Waals surface area contributed by atoms with Gasteiger partial charge in [0.15, 0.2) is 0 Å². The molecule has 0 fully saturated rings. The molecular formula is C14H19ClFO3P. The molecule has 0 saturated heterocycles. The topological polar surface area (TPSA) is 35.5 Å². The van der Waals surface area contributed by atoms with Gasteiger partial charge < -0.3 is 9.05 Å². The highest BCUT2D eigenvalue weighted by atomic mass is 35.5. The van der Waals surface area contributed by atoms with Crippen LogP contribution in [-0.2, 0) is 20.3 Å². The van der Waals surface area contributed by atoms with Crippen molar-refractivity contribution in [2.45, 2.75) is 27.4 Å². The largest absolute Gasteiger partial charge is 0.354 e. The Kier molecular flexibility index (Phi) is 6.90. The standard InChI is InChI=1S/C14H19ClFO3P/c1-4-18-20(17,19-5-2)9-8-13-11(3)14(15)7-6-12(13)10-16/h6-9H,4-5,10H2,1-3H3/b9-8+. The Morgan fingerprint density at radius 1 is 1.30 bits per heavy atom. The van der Waals surface area contributed by atoms with Crippen molar-refractivity contribution >= 4 is 25.3 Å². The van der Waals surface area contributed by atoms with Crippen molar-refractivity contribution in [3.63, 3.8) is 0 Å². The van der Waals surface area contributed by atoms with Gasteiger partial charge in [0, 0.05) is 10.8 Å². The van der Waals surface area contributed by atoms with Crippen LogP contribution in [0.5, 0.6) is 0 Å². The van der Waals surface area contributed by atoms with Gasteiger partial charge >= 0.3 is 7.60 Å². The third kappa shape index (κ3) is 4.42. The highest BCUT2D eigenvalue weighted by Gasteiger charge is 2.19. The maximum Gasteiger partial charge on any atom is 0.354 e. The van der Waals surface area contributed by atoms with Gasteiger partial charge in [-0.3, -0.25) is 4.57 Å². The fraction of sp³-hybridized carbons (Fsp3) is 0.429. The molecule has 0 aromatic heterocycles. The predicted molar refractivity (Wildman–Crippen MR) is 80.9 cm³/mol. The Hall–Kier alpha value is -0.670. The monoisotopic (exact) mass is 320 g/mol. The number of rotatable bonds is 7. The normalized spacial score (nSPS) is 12.2. The minimum atomic E-state index is -3.30. The van der Waals surface area contributed by atoms with Crippen molar-refractivity contribution in [2.75, 3.05) is 13.2 Å². The molecule has 0 aliphatic heterocycles. The fourth-order valence-electron chi connectivity index (χ4n) is 1.76. The summed E-state index contributed by atoms with van der Waals surface area (Å²) in [6.07, 6.45) is 1.56. The molecule has 6 heteroatoms. The lowest BCUT2D eigenvalue weighted by Gasteiger charge is -2.13. The molecule has 112 valence electrons. The zero-order chi connectivity index (χ0) is 15.2. The molecule has 3 nitrogen and oxygen atoms in total. The summed E-state index contributed by atoms with van der Waals surface area (Å²) in [5.74, 6) is 1.36. The highest BCUT2D eigenvalue weighted by Crippen LogP contribution is 2.50. The van der Waals surface area contributed by atoms with Crippen LogP contribution in [-0.4, -0.2) is 13.2 Å². The lowest BCUT2D eigenvalue weighted by Crippen LogP contribution is -1.94. The van der Waals surface area contributed by atoms with Gasteiger partial charge in [-0.2, -0.15) is 0 Å². The van der Waals surface area contributed by atoms with E-state index in [1.807, 2.05) is 0 Å². The van der Waals surface area contributed by atoms with E-state index in [0.717, 1.165) is 5.56 Å². The summed E-state index contributed by atoms with van der Waals surface area (Å²) in [5, 5.41) is 0.532. The second kappa shape index (κ2) is 7.94. The van der Waals surface area contributed by atoms with E-state index in [0.29, 0.717) is 16.1 Å². The van der Waals surface area contributed by atoms with Crippen molar-refractivity contribution in [3.8, 4) is 0 Å². The molecule has 0 heterocycles. The maximum atomic E-state index is 13.0. The fourth-order valence-corrected chi connectivity index (χ4v) is 3.22. The molecule has 0 aliphatic rings. The molecule has 0 saturated carbocycles. The summed E-state index contributed by atoms with van der Waals surface area (Å²) in [7, 11) is -3.30. The van der Waals surface area contributed by atoms with Gasteiger partial charge in [-0.15, -0.1) is 0 Å². The first-order chi connectivity index (χ1) is 9.47. The zero-order valence-electron chi connectivity index (χ0n) is 11.9. The second-order valence-electron chi connectivity index (χ2n) is 4.07. The van der Waals surface area contributed by atoms with Gasteiger partial charge in [0.1, 0.15) is 6.67 Å². The summed E-state index contributed by atoms with van der Waals surface area (Å²) < 4.78 is 35.6. The first-order valence-corrected chi connectivity index (χ1v) is 8.38. The van der Waals surface area contributed by atoms with Crippen LogP contribution in [0.3, 0.4) is 0 Å². The molecule has 1 aromatic rings. The lowest BCUT2D eigenvalue weighted by molar-refractivity contribution is 0.229. The first kappa shape index (κ1) is 17.4. The molecule has 0 unspecified atom stereocenters. The number of halogens is 2. The van der Waals surface area contributed by atoms with Gasteiger partial charge in [-0.25, -0.2) is 4.39 Å². The average Bonchev–Trinajstić information content (AvgIpc) is 2.41. The summed E-state index contributed by atoms with van der Waals surface area (Å²) in [4.78, 5) is 0. The van der Waals surface area contributed by atoms with E-state index >= 15 is 0 Å². The molecule has 1 rings (SSSR count). The number of hydrogen-bond acceptors (Lipinski definition) is 3. The van der Waals surface area contributed by atoms with E-state index in [1.54, 1.807) is 39.0 Å². The molecule has 1 aromatic carbocycles. The van der Waals surface area contributed by atoms with Crippen molar-refractivity contribution in [3.05, 3.63) is 39.7 Å². The van der Waals surface area contributed by atoms with Crippen LogP contribution in [0.15, 0.2) is 17.9 Å². The Labute approximate surface area is 124 Å². The van der Waals surface area contributed by atoms with Crippen LogP contribution in [0.4, 0.5) is 4.39 Å². The Morgan fingerprint density at radius 2 is 1.90 bits per heavy atom. The second-order valence-corrected chi connectivity index (χ2v) is 6.37. The minimum absolute atomic E-state index is 0.270. The SMILES string of the molecule is CCOP(=O)(/C=C/c1c(CF)ccc(Cl)c1C)OCC. The smallest absolute Gasteiger partial charge is 0.306 e. The van der Waals surface area contributed by atoms with Gasteiger partial charge in [0.25, 0.3) is 0 Å². The van der Waals surface area contributed by atoms with Crippen molar-refractivity contribution < 1.29 is 18.0 Å². The van der Waals surface area contributed by atoms with E-state index in [1.165, 1.54) is 5.82 Å². The third-order valence-electron chi connectivity index (χ3n) is 2.72. The summed E-state index contributed by atoms with van der Waals surface area (Å²) in [5.41, 5.74) is 1.83. The van der Waals surface area contributed by atoms with Crippen molar-refractivity contribution in [2.24, 2.45) is 0 Å². The third-order valence-corrected chi connectivity index (χ3v) is 4.88. The van der Waals surface area contributed by atoms with Gasteiger partial charge in [0.05, 0.1) is 13.2 Å². The van der Waals surface area contributed by atoms with Crippen LogP contribution in [0.2, 0.25) is 5.02 Å². The minimum Gasteiger partial charge on any atom is -0.306 e. The molecular weight excluding hydrogens is 302 g/mol. The van der Waals surface area contributed by atoms with Crippen molar-refractivity contribution in [1.82, 2.24) is 0 Å².